The van der Waals surface area contributed by atoms with Gasteiger partial charge >= 0.3 is 0 Å². The Morgan fingerprint density at radius 3 is 2.47 bits per heavy atom. The van der Waals surface area contributed by atoms with Crippen molar-refractivity contribution in [1.29, 1.82) is 0 Å². The van der Waals surface area contributed by atoms with Crippen LogP contribution in [0.25, 0.3) is 0 Å². The van der Waals surface area contributed by atoms with Gasteiger partial charge in [0, 0.05) is 0 Å². The number of hydroxylamine groups is 1. The Hall–Kier alpha value is -2.41. The van der Waals surface area contributed by atoms with Gasteiger partial charge in [-0.05, 0) is 12.1 Å². The van der Waals surface area contributed by atoms with Gasteiger partial charge in [-0.15, -0.1) is 0 Å². The maximum atomic E-state index is 11.6. The smallest absolute Gasteiger partial charge is 0.292 e. The lowest BCUT2D eigenvalue weighted by molar-refractivity contribution is -0.122. The van der Waals surface area contributed by atoms with Gasteiger partial charge in [0.2, 0.25) is 0 Å². The van der Waals surface area contributed by atoms with E-state index in [-0.39, 0.29) is 11.3 Å². The Balaban J connectivity index is 2.86. The van der Waals surface area contributed by atoms with E-state index in [9.17, 15) is 14.7 Å². The first-order valence-corrected chi connectivity index (χ1v) is 4.56. The molecule has 0 saturated carbocycles. The molecule has 0 radical (unpaired) electrons. The molecule has 1 aromatic carbocycles. The van der Waals surface area contributed by atoms with Gasteiger partial charge < -0.3 is 10.3 Å². The summed E-state index contributed by atoms with van der Waals surface area (Å²) in [5.74, 6) is -1.94. The van der Waals surface area contributed by atoms with Gasteiger partial charge in [0.1, 0.15) is 5.75 Å². The lowest BCUT2D eigenvalue weighted by Gasteiger charge is -2.03. The van der Waals surface area contributed by atoms with E-state index in [0.717, 1.165) is 0 Å². The first-order valence-electron chi connectivity index (χ1n) is 4.56. The summed E-state index contributed by atoms with van der Waals surface area (Å²) in [7, 11) is 0. The fourth-order valence-corrected chi connectivity index (χ4v) is 1.18. The SMILES string of the molecule is O=C(NO)C(CC(=O)c1ccccc1O)=NO. The summed E-state index contributed by atoms with van der Waals surface area (Å²) < 4.78 is 0. The average Bonchev–Trinajstić information content (AvgIpc) is 2.35. The highest BCUT2D eigenvalue weighted by Crippen LogP contribution is 2.17. The first kappa shape index (κ1) is 12.7. The number of hydrogen-bond acceptors (Lipinski definition) is 6. The van der Waals surface area contributed by atoms with Crippen LogP contribution in [0.3, 0.4) is 0 Å². The highest BCUT2D eigenvalue weighted by molar-refractivity contribution is 6.42. The predicted molar refractivity (Wildman–Crippen MR) is 56.2 cm³/mol. The zero-order chi connectivity index (χ0) is 12.8. The van der Waals surface area contributed by atoms with Crippen LogP contribution in [0.1, 0.15) is 16.8 Å². The van der Waals surface area contributed by atoms with Crippen LogP contribution < -0.4 is 5.48 Å². The molecule has 0 fully saturated rings. The molecule has 0 aromatic heterocycles. The van der Waals surface area contributed by atoms with Crippen LogP contribution in [0.4, 0.5) is 0 Å². The summed E-state index contributed by atoms with van der Waals surface area (Å²) in [6, 6.07) is 5.75. The maximum absolute atomic E-state index is 11.6. The monoisotopic (exact) mass is 238 g/mol. The standard InChI is InChI=1S/C10H10N2O5/c13-8-4-2-1-3-6(8)9(14)5-7(11-16)10(15)12-17/h1-4,13,16-17H,5H2,(H,12,15). The molecule has 90 valence electrons. The van der Waals surface area contributed by atoms with Crippen molar-refractivity contribution < 1.29 is 25.1 Å². The Labute approximate surface area is 96.0 Å². The molecular weight excluding hydrogens is 228 g/mol. The molecule has 17 heavy (non-hydrogen) atoms. The summed E-state index contributed by atoms with van der Waals surface area (Å²) in [6.07, 6.45) is -0.541. The average molecular weight is 238 g/mol. The third-order valence-electron chi connectivity index (χ3n) is 2.02. The summed E-state index contributed by atoms with van der Waals surface area (Å²) in [4.78, 5) is 22.6. The van der Waals surface area contributed by atoms with Gasteiger partial charge in [-0.2, -0.15) is 0 Å². The molecule has 7 heteroatoms. The third kappa shape index (κ3) is 3.02. The summed E-state index contributed by atoms with van der Waals surface area (Å²) in [5, 5.41) is 28.8. The lowest BCUT2D eigenvalue weighted by atomic mass is 10.0. The zero-order valence-electron chi connectivity index (χ0n) is 8.62. The predicted octanol–water partition coefficient (Wildman–Crippen LogP) is 0.301. The van der Waals surface area contributed by atoms with E-state index in [4.69, 9.17) is 10.4 Å². The van der Waals surface area contributed by atoms with Gasteiger partial charge in [-0.3, -0.25) is 14.8 Å². The zero-order valence-corrected chi connectivity index (χ0v) is 8.62. The molecule has 0 spiro atoms. The Morgan fingerprint density at radius 1 is 1.29 bits per heavy atom. The number of carbonyl (C=O) groups is 2. The Bertz CT molecular complexity index is 470. The quantitative estimate of drug-likeness (QED) is 0.198. The molecule has 0 aliphatic heterocycles. The number of aromatic hydroxyl groups is 1. The fourth-order valence-electron chi connectivity index (χ4n) is 1.18. The van der Waals surface area contributed by atoms with Crippen molar-refractivity contribution in [3.63, 3.8) is 0 Å². The molecule has 7 nitrogen and oxygen atoms in total. The minimum absolute atomic E-state index is 0.000565. The fraction of sp³-hybridized carbons (Fsp3) is 0.100. The number of ketones is 1. The van der Waals surface area contributed by atoms with Crippen molar-refractivity contribution in [2.24, 2.45) is 5.16 Å². The number of oxime groups is 1. The number of benzene rings is 1. The largest absolute Gasteiger partial charge is 0.507 e. The van der Waals surface area contributed by atoms with E-state index < -0.39 is 23.8 Å². The summed E-state index contributed by atoms with van der Waals surface area (Å²) >= 11 is 0. The maximum Gasteiger partial charge on any atom is 0.292 e. The molecule has 0 bridgehead atoms. The van der Waals surface area contributed by atoms with Crippen molar-refractivity contribution in [2.75, 3.05) is 0 Å². The number of amides is 1. The number of Topliss-reactive ketones (excluding diaryl/α,β-unsaturated/α-hetero) is 1. The number of hydrogen-bond donors (Lipinski definition) is 4. The minimum Gasteiger partial charge on any atom is -0.507 e. The van der Waals surface area contributed by atoms with Gasteiger partial charge in [0.25, 0.3) is 5.91 Å². The van der Waals surface area contributed by atoms with E-state index in [2.05, 4.69) is 5.16 Å². The minimum atomic E-state index is -1.09. The lowest BCUT2D eigenvalue weighted by Crippen LogP contribution is -2.29. The number of nitrogens with zero attached hydrogens (tertiary/aromatic N) is 1. The van der Waals surface area contributed by atoms with Crippen LogP contribution in [0.15, 0.2) is 29.4 Å². The van der Waals surface area contributed by atoms with Crippen molar-refractivity contribution in [3.05, 3.63) is 29.8 Å². The second-order valence-electron chi connectivity index (χ2n) is 3.10. The molecule has 0 saturated heterocycles. The van der Waals surface area contributed by atoms with Crippen molar-refractivity contribution in [3.8, 4) is 5.75 Å². The van der Waals surface area contributed by atoms with Gasteiger partial charge in [0.15, 0.2) is 11.5 Å². The van der Waals surface area contributed by atoms with Gasteiger partial charge in [0.05, 0.1) is 12.0 Å². The highest BCUT2D eigenvalue weighted by atomic mass is 16.5. The molecular formula is C10H10N2O5. The second kappa shape index (κ2) is 5.61. The molecule has 1 aromatic rings. The van der Waals surface area contributed by atoms with Crippen molar-refractivity contribution in [1.82, 2.24) is 5.48 Å². The highest BCUT2D eigenvalue weighted by Gasteiger charge is 2.19. The van der Waals surface area contributed by atoms with Crippen LogP contribution in [-0.2, 0) is 4.79 Å². The van der Waals surface area contributed by atoms with Crippen molar-refractivity contribution in [2.45, 2.75) is 6.42 Å². The van der Waals surface area contributed by atoms with Gasteiger partial charge in [-0.1, -0.05) is 17.3 Å². The third-order valence-corrected chi connectivity index (χ3v) is 2.02. The molecule has 0 aliphatic carbocycles. The van der Waals surface area contributed by atoms with E-state index in [0.29, 0.717) is 0 Å². The van der Waals surface area contributed by atoms with E-state index in [1.807, 2.05) is 0 Å². The first-order chi connectivity index (χ1) is 8.10. The van der Waals surface area contributed by atoms with Crippen LogP contribution in [0.2, 0.25) is 0 Å². The topological polar surface area (TPSA) is 119 Å². The van der Waals surface area contributed by atoms with Crippen molar-refractivity contribution >= 4 is 17.4 Å². The summed E-state index contributed by atoms with van der Waals surface area (Å²) in [6.45, 7) is 0. The van der Waals surface area contributed by atoms with E-state index in [1.54, 1.807) is 0 Å². The molecule has 1 rings (SSSR count). The number of phenolic OH excluding ortho intramolecular Hbond substituents is 1. The molecule has 4 N–H and O–H groups in total. The molecule has 0 heterocycles. The van der Waals surface area contributed by atoms with Crippen LogP contribution >= 0.6 is 0 Å². The Morgan fingerprint density at radius 2 is 1.94 bits per heavy atom. The molecule has 0 atom stereocenters. The number of rotatable bonds is 4. The van der Waals surface area contributed by atoms with E-state index in [1.165, 1.54) is 29.7 Å². The van der Waals surface area contributed by atoms with Crippen LogP contribution in [0, 0.1) is 0 Å². The van der Waals surface area contributed by atoms with Gasteiger partial charge in [-0.25, -0.2) is 5.48 Å². The second-order valence-corrected chi connectivity index (χ2v) is 3.10. The number of nitrogens with one attached hydrogen (secondary N) is 1. The number of phenols is 1. The molecule has 0 aliphatic rings. The normalized spacial score (nSPS) is 11.0. The van der Waals surface area contributed by atoms with Crippen LogP contribution in [0.5, 0.6) is 5.75 Å². The Kier molecular flexibility index (Phi) is 4.18. The molecule has 0 unspecified atom stereocenters. The van der Waals surface area contributed by atoms with E-state index >= 15 is 0 Å². The number of para-hydroxylation sites is 1. The number of carbonyl (C=O) groups excluding carboxylic acids is 2. The summed E-state index contributed by atoms with van der Waals surface area (Å²) in [5.41, 5.74) is 0.688. The van der Waals surface area contributed by atoms with Crippen LogP contribution in [-0.4, -0.2) is 32.9 Å². The molecule has 1 amide bonds.